The number of hydrogen-bond acceptors (Lipinski definition) is 7. The van der Waals surface area contributed by atoms with Crippen molar-refractivity contribution in [3.63, 3.8) is 0 Å². The summed E-state index contributed by atoms with van der Waals surface area (Å²) in [7, 11) is 6.88. The van der Waals surface area contributed by atoms with Gasteiger partial charge in [0.05, 0.1) is 6.61 Å². The van der Waals surface area contributed by atoms with E-state index in [1.54, 1.807) is 39.2 Å². The number of carbonyl (C=O) groups is 5. The highest BCUT2D eigenvalue weighted by Gasteiger charge is 2.38. The average molecular weight is 959 g/mol. The number of amides is 5. The van der Waals surface area contributed by atoms with Crippen molar-refractivity contribution in [3.05, 3.63) is 143 Å². The molecule has 10 rings (SSSR count). The molecule has 0 radical (unpaired) electrons. The van der Waals surface area contributed by atoms with E-state index in [0.717, 1.165) is 49.6 Å². The van der Waals surface area contributed by atoms with Crippen LogP contribution in [0.15, 0.2) is 103 Å². The number of H-pyrrole nitrogens is 2. The van der Waals surface area contributed by atoms with Gasteiger partial charge in [-0.3, -0.25) is 28.9 Å². The van der Waals surface area contributed by atoms with Crippen molar-refractivity contribution < 1.29 is 33.1 Å². The lowest BCUT2D eigenvalue weighted by Gasteiger charge is -2.36. The van der Waals surface area contributed by atoms with Crippen LogP contribution in [0.3, 0.4) is 0 Å². The molecule has 6 heterocycles. The summed E-state index contributed by atoms with van der Waals surface area (Å²) in [6, 6.07) is 27.1. The Morgan fingerprint density at radius 3 is 1.90 bits per heavy atom. The third kappa shape index (κ3) is 9.63. The van der Waals surface area contributed by atoms with Crippen molar-refractivity contribution in [2.45, 2.75) is 44.4 Å². The van der Waals surface area contributed by atoms with Crippen LogP contribution in [0.4, 0.5) is 4.39 Å². The molecule has 0 spiro atoms. The summed E-state index contributed by atoms with van der Waals surface area (Å²) in [6.45, 7) is 4.11. The van der Waals surface area contributed by atoms with E-state index >= 15 is 4.39 Å². The number of benzene rings is 4. The third-order valence-corrected chi connectivity index (χ3v) is 14.3. The van der Waals surface area contributed by atoms with Gasteiger partial charge in [-0.25, -0.2) is 4.39 Å². The van der Waals surface area contributed by atoms with Crippen LogP contribution < -0.4 is 0 Å². The van der Waals surface area contributed by atoms with Crippen molar-refractivity contribution in [2.24, 2.45) is 0 Å². The number of hydrogen-bond donors (Lipinski definition) is 2. The maximum atomic E-state index is 16.0. The van der Waals surface area contributed by atoms with Gasteiger partial charge in [0.2, 0.25) is 5.91 Å². The first-order valence-corrected chi connectivity index (χ1v) is 24.5. The van der Waals surface area contributed by atoms with E-state index in [-0.39, 0.29) is 29.5 Å². The molecule has 2 aromatic heterocycles. The Kier molecular flexibility index (Phi) is 13.2. The second kappa shape index (κ2) is 19.8. The molecule has 0 aliphatic carbocycles. The van der Waals surface area contributed by atoms with Gasteiger partial charge < -0.3 is 39.2 Å². The number of aromatic nitrogens is 2. The molecule has 0 bridgehead atoms. The van der Waals surface area contributed by atoms with E-state index in [9.17, 15) is 24.0 Å². The summed E-state index contributed by atoms with van der Waals surface area (Å²) < 4.78 is 22.1. The topological polar surface area (TPSA) is 146 Å². The highest BCUT2D eigenvalue weighted by molar-refractivity contribution is 6.01. The van der Waals surface area contributed by atoms with E-state index in [0.29, 0.717) is 113 Å². The quantitative estimate of drug-likeness (QED) is 0.147. The highest BCUT2D eigenvalue weighted by Crippen LogP contribution is 2.33. The molecule has 4 aromatic carbocycles. The van der Waals surface area contributed by atoms with E-state index in [1.807, 2.05) is 82.6 Å². The minimum absolute atomic E-state index is 0.0788. The number of nitrogens with one attached hydrogen (secondary N) is 2. The first-order valence-electron chi connectivity index (χ1n) is 24.5. The van der Waals surface area contributed by atoms with Crippen LogP contribution in [0.1, 0.15) is 73.7 Å². The molecule has 366 valence electrons. The monoisotopic (exact) mass is 958 g/mol. The zero-order chi connectivity index (χ0) is 49.5. The Balaban J connectivity index is 0.792. The average Bonchev–Trinajstić information content (AvgIpc) is 4.17. The largest absolute Gasteiger partial charge is 0.366 e. The maximum Gasteiger partial charge on any atom is 0.269 e. The van der Waals surface area contributed by atoms with Crippen molar-refractivity contribution in [3.8, 4) is 11.1 Å². The second-order valence-corrected chi connectivity index (χ2v) is 19.5. The molecule has 71 heavy (non-hydrogen) atoms. The molecule has 4 aliphatic heterocycles. The van der Waals surface area contributed by atoms with Crippen LogP contribution in [-0.2, 0) is 20.9 Å². The molecule has 2 N–H and O–H groups in total. The first kappa shape index (κ1) is 47.3. The fraction of sp³-hybridized carbons (Fsp3) is 0.339. The van der Waals surface area contributed by atoms with Crippen LogP contribution >= 0.6 is 0 Å². The van der Waals surface area contributed by atoms with Crippen LogP contribution in [-0.4, -0.2) is 162 Å². The van der Waals surface area contributed by atoms with Gasteiger partial charge in [-0.2, -0.15) is 0 Å². The van der Waals surface area contributed by atoms with E-state index in [1.165, 1.54) is 21.9 Å². The number of ether oxygens (including phenoxy) is 1. The number of likely N-dealkylation sites (tertiary alicyclic amines) is 1. The van der Waals surface area contributed by atoms with Crippen molar-refractivity contribution in [2.75, 3.05) is 80.6 Å². The van der Waals surface area contributed by atoms with Crippen LogP contribution in [0, 0.1) is 5.82 Å². The van der Waals surface area contributed by atoms with Crippen molar-refractivity contribution >= 4 is 62.5 Å². The zero-order valence-electron chi connectivity index (χ0n) is 40.7. The van der Waals surface area contributed by atoms with Gasteiger partial charge in [0.1, 0.15) is 29.4 Å². The fourth-order valence-corrected chi connectivity index (χ4v) is 10.5. The number of carbonyl (C=O) groups excluding carboxylic acids is 5. The Morgan fingerprint density at radius 1 is 0.676 bits per heavy atom. The van der Waals surface area contributed by atoms with E-state index in [2.05, 4.69) is 27.0 Å². The van der Waals surface area contributed by atoms with Crippen LogP contribution in [0.2, 0.25) is 0 Å². The Morgan fingerprint density at radius 2 is 1.28 bits per heavy atom. The van der Waals surface area contributed by atoms with Gasteiger partial charge in [0.15, 0.2) is 0 Å². The predicted molar refractivity (Wildman–Crippen MR) is 272 cm³/mol. The summed E-state index contributed by atoms with van der Waals surface area (Å²) >= 11 is 0. The molecule has 6 aromatic rings. The normalized spacial score (nSPS) is 18.7. The summed E-state index contributed by atoms with van der Waals surface area (Å²) in [5, 5.41) is 1.87. The predicted octanol–water partition coefficient (Wildman–Crippen LogP) is 7.30. The molecule has 4 aliphatic rings. The smallest absolute Gasteiger partial charge is 0.269 e. The minimum atomic E-state index is -0.675. The molecule has 15 heteroatoms. The lowest BCUT2D eigenvalue weighted by molar-refractivity contribution is -0.149. The molecular formula is C56H59FN8O6. The Hall–Kier alpha value is -7.36. The number of halogens is 1. The molecule has 5 amide bonds. The summed E-state index contributed by atoms with van der Waals surface area (Å²) in [6.07, 6.45) is 6.23. The van der Waals surface area contributed by atoms with Gasteiger partial charge in [0, 0.05) is 113 Å². The lowest BCUT2D eigenvalue weighted by atomic mass is 9.96. The molecule has 14 nitrogen and oxygen atoms in total. The summed E-state index contributed by atoms with van der Waals surface area (Å²) in [5.41, 5.74) is 8.82. The van der Waals surface area contributed by atoms with Crippen molar-refractivity contribution in [1.82, 2.24) is 39.4 Å². The third-order valence-electron chi connectivity index (χ3n) is 14.3. The number of fused-ring (bicyclic) bond motifs is 2. The number of aromatic amines is 2. The highest BCUT2D eigenvalue weighted by atomic mass is 19.1. The first-order chi connectivity index (χ1) is 34.3. The van der Waals surface area contributed by atoms with Crippen LogP contribution in [0.5, 0.6) is 0 Å². The van der Waals surface area contributed by atoms with Crippen LogP contribution in [0.25, 0.3) is 44.1 Å². The van der Waals surface area contributed by atoms with Gasteiger partial charge >= 0.3 is 0 Å². The SMILES string of the molecule is CN(C)C(=O)c1cc2ccc(C3=CCCN(C(=O)C4CN(Cc5ccccc5-c5cc(C(=O)N6CCC[C@H]6C(=O)N6CCC=C(c7ccc8cc(C(=O)N(C)C)[nH]c8c7)C6)ccc5F)CCO4)C3)cc2[nH]1. The molecule has 1 unspecified atom stereocenters. The minimum Gasteiger partial charge on any atom is -0.366 e. The van der Waals surface area contributed by atoms with Gasteiger partial charge in [-0.15, -0.1) is 0 Å². The van der Waals surface area contributed by atoms with E-state index in [4.69, 9.17) is 4.74 Å². The fourth-order valence-electron chi connectivity index (χ4n) is 10.5. The summed E-state index contributed by atoms with van der Waals surface area (Å²) in [4.78, 5) is 85.0. The Bertz CT molecular complexity index is 3150. The standard InChI is InChI=1S/C56H59FN8O6/c1-60(2)53(67)48-29-37-17-15-35(27-46(37)58-48)40-11-7-21-63(32-40)55(69)50-14-9-23-65(50)52(66)39-19-20-45(57)44(26-39)43-13-6-5-10-42(43)31-62-24-25-71-51(34-62)56(70)64-22-8-12-41(33-64)36-16-18-38-30-49(54(68)61(3)4)59-47(38)28-36/h5-6,10-13,15-20,26-30,50-51,58-59H,7-9,14,21-25,31-34H2,1-4H3/t50-,51?/m0/s1. The van der Waals surface area contributed by atoms with Gasteiger partial charge in [0.25, 0.3) is 23.6 Å². The number of rotatable bonds is 10. The van der Waals surface area contributed by atoms with Crippen molar-refractivity contribution in [1.29, 1.82) is 0 Å². The lowest BCUT2D eigenvalue weighted by Crippen LogP contribution is -2.51. The van der Waals surface area contributed by atoms with Gasteiger partial charge in [-0.1, -0.05) is 60.7 Å². The summed E-state index contributed by atoms with van der Waals surface area (Å²) in [5.74, 6) is -1.16. The maximum absolute atomic E-state index is 16.0. The Labute approximate surface area is 412 Å². The van der Waals surface area contributed by atoms with E-state index < -0.39 is 18.0 Å². The van der Waals surface area contributed by atoms with Gasteiger partial charge in [-0.05, 0) is 102 Å². The molecule has 2 atom stereocenters. The molecule has 2 saturated heterocycles. The molecule has 2 fully saturated rings. The molecular weight excluding hydrogens is 900 g/mol. The second-order valence-electron chi connectivity index (χ2n) is 19.5. The zero-order valence-corrected chi connectivity index (χ0v) is 40.7. The number of nitrogens with zero attached hydrogens (tertiary/aromatic N) is 6. The molecule has 0 saturated carbocycles. The number of morpholine rings is 1.